The molecule has 1 N–H and O–H groups in total. The zero-order valence-electron chi connectivity index (χ0n) is 12.4. The average Bonchev–Trinajstić information content (AvgIpc) is 2.52. The van der Waals surface area contributed by atoms with Crippen LogP contribution in [0.1, 0.15) is 35.2 Å². The van der Waals surface area contributed by atoms with Crippen molar-refractivity contribution in [2.45, 2.75) is 31.5 Å². The third-order valence-corrected chi connectivity index (χ3v) is 3.66. The molecule has 5 nitrogen and oxygen atoms in total. The van der Waals surface area contributed by atoms with Crippen LogP contribution in [-0.4, -0.2) is 31.0 Å². The number of terminal acetylenes is 1. The highest BCUT2D eigenvalue weighted by Crippen LogP contribution is 2.36. The van der Waals surface area contributed by atoms with Crippen molar-refractivity contribution >= 4 is 18.9 Å². The molecule has 1 aromatic carbocycles. The van der Waals surface area contributed by atoms with E-state index in [4.69, 9.17) is 15.8 Å². The van der Waals surface area contributed by atoms with Gasteiger partial charge in [-0.25, -0.2) is 4.79 Å². The Kier molecular flexibility index (Phi) is 5.23. The number of benzene rings is 1. The van der Waals surface area contributed by atoms with Crippen molar-refractivity contribution in [3.05, 3.63) is 29.3 Å². The molecule has 6 heteroatoms. The van der Waals surface area contributed by atoms with Gasteiger partial charge < -0.3 is 14.4 Å². The Labute approximate surface area is 129 Å². The molecule has 0 radical (unpaired) electrons. The molecular formula is C16H17BO5. The number of methoxy groups -OCH3 is 1. The maximum absolute atomic E-state index is 11.8. The van der Waals surface area contributed by atoms with Crippen LogP contribution in [0.25, 0.3) is 0 Å². The molecule has 0 spiro atoms. The topological polar surface area (TPSA) is 72.8 Å². The van der Waals surface area contributed by atoms with Gasteiger partial charge >= 0.3 is 13.1 Å². The van der Waals surface area contributed by atoms with E-state index in [-0.39, 0.29) is 23.6 Å². The van der Waals surface area contributed by atoms with Gasteiger partial charge in [-0.3, -0.25) is 4.79 Å². The van der Waals surface area contributed by atoms with Gasteiger partial charge in [0.05, 0.1) is 7.11 Å². The summed E-state index contributed by atoms with van der Waals surface area (Å²) in [4.78, 5) is 23.5. The van der Waals surface area contributed by atoms with Crippen LogP contribution in [0.15, 0.2) is 18.2 Å². The van der Waals surface area contributed by atoms with Crippen molar-refractivity contribution in [3.63, 3.8) is 0 Å². The predicted molar refractivity (Wildman–Crippen MR) is 81.5 cm³/mol. The molecule has 0 fully saturated rings. The van der Waals surface area contributed by atoms with E-state index in [0.29, 0.717) is 25.0 Å². The molecule has 0 saturated carbocycles. The molecule has 22 heavy (non-hydrogen) atoms. The molecule has 1 aliphatic heterocycles. The van der Waals surface area contributed by atoms with E-state index in [2.05, 4.69) is 5.92 Å². The van der Waals surface area contributed by atoms with E-state index in [0.717, 1.165) is 5.56 Å². The second-order valence-electron chi connectivity index (χ2n) is 5.20. The third kappa shape index (κ3) is 3.49. The lowest BCUT2D eigenvalue weighted by molar-refractivity contribution is -0.119. The molecule has 2 rings (SSSR count). The fourth-order valence-electron chi connectivity index (χ4n) is 2.53. The number of fused-ring (bicyclic) bond motifs is 1. The minimum absolute atomic E-state index is 0.00169. The number of Topliss-reactive ketones (excluding diaryl/α,β-unsaturated/α-hetero) is 1. The van der Waals surface area contributed by atoms with Gasteiger partial charge in [0.1, 0.15) is 17.1 Å². The Hall–Kier alpha value is -2.26. The van der Waals surface area contributed by atoms with Gasteiger partial charge in [-0.15, -0.1) is 12.3 Å². The van der Waals surface area contributed by atoms with Gasteiger partial charge in [0.15, 0.2) is 0 Å². The fourth-order valence-corrected chi connectivity index (χ4v) is 2.53. The van der Waals surface area contributed by atoms with E-state index in [1.807, 2.05) is 6.07 Å². The lowest BCUT2D eigenvalue weighted by atomic mass is 9.64. The standard InChI is InChI=1S/C16H17BO5/c1-3-4-7-13(18)10-12-9-11-6-5-8-14(16(19)21-2)15(11)22-17(12)20/h1,5-6,8,12,20H,4,7,9-10H2,2H3/t12-/m1/s1. The van der Waals surface area contributed by atoms with Crippen LogP contribution in [0.4, 0.5) is 0 Å². The number of carbonyl (C=O) groups excluding carboxylic acids is 2. The summed E-state index contributed by atoms with van der Waals surface area (Å²) in [5, 5.41) is 10.1. The van der Waals surface area contributed by atoms with Crippen LogP contribution in [-0.2, 0) is 16.0 Å². The van der Waals surface area contributed by atoms with E-state index in [9.17, 15) is 14.6 Å². The summed E-state index contributed by atoms with van der Waals surface area (Å²) in [6.45, 7) is 0. The normalized spacial score (nSPS) is 16.2. The summed E-state index contributed by atoms with van der Waals surface area (Å²) in [5.41, 5.74) is 1.05. The minimum Gasteiger partial charge on any atom is -0.535 e. The number of rotatable bonds is 5. The fraction of sp³-hybridized carbons (Fsp3) is 0.375. The van der Waals surface area contributed by atoms with Crippen LogP contribution in [0, 0.1) is 12.3 Å². The largest absolute Gasteiger partial charge is 0.535 e. The van der Waals surface area contributed by atoms with E-state index in [1.54, 1.807) is 12.1 Å². The summed E-state index contributed by atoms with van der Waals surface area (Å²) in [6.07, 6.45) is 6.49. The maximum atomic E-state index is 11.8. The minimum atomic E-state index is -1.13. The van der Waals surface area contributed by atoms with E-state index < -0.39 is 13.1 Å². The highest BCUT2D eigenvalue weighted by Gasteiger charge is 2.37. The first kappa shape index (κ1) is 16.1. The van der Waals surface area contributed by atoms with Gasteiger partial charge in [0.25, 0.3) is 0 Å². The number of ether oxygens (including phenoxy) is 1. The zero-order valence-corrected chi connectivity index (χ0v) is 12.4. The molecule has 114 valence electrons. The molecule has 0 aliphatic carbocycles. The van der Waals surface area contributed by atoms with Gasteiger partial charge in [0, 0.05) is 25.1 Å². The quantitative estimate of drug-likeness (QED) is 0.508. The first-order chi connectivity index (χ1) is 10.6. The van der Waals surface area contributed by atoms with Crippen molar-refractivity contribution in [3.8, 4) is 18.1 Å². The highest BCUT2D eigenvalue weighted by molar-refractivity contribution is 6.47. The van der Waals surface area contributed by atoms with Crippen molar-refractivity contribution in [2.24, 2.45) is 0 Å². The van der Waals surface area contributed by atoms with Crippen molar-refractivity contribution in [2.75, 3.05) is 7.11 Å². The first-order valence-electron chi connectivity index (χ1n) is 7.07. The van der Waals surface area contributed by atoms with Gasteiger partial charge in [-0.1, -0.05) is 12.1 Å². The molecule has 0 saturated heterocycles. The number of para-hydroxylation sites is 1. The summed E-state index contributed by atoms with van der Waals surface area (Å²) in [6, 6.07) is 5.12. The molecule has 1 aliphatic rings. The van der Waals surface area contributed by atoms with Crippen LogP contribution in [0.2, 0.25) is 5.82 Å². The number of carbonyl (C=O) groups is 2. The van der Waals surface area contributed by atoms with Crippen LogP contribution in [0.3, 0.4) is 0 Å². The number of ketones is 1. The molecule has 0 amide bonds. The summed E-state index contributed by atoms with van der Waals surface area (Å²) < 4.78 is 10.2. The van der Waals surface area contributed by atoms with Crippen LogP contribution < -0.4 is 4.65 Å². The molecule has 1 aromatic rings. The number of hydrogen-bond acceptors (Lipinski definition) is 5. The van der Waals surface area contributed by atoms with E-state index >= 15 is 0 Å². The Bertz CT molecular complexity index is 619. The van der Waals surface area contributed by atoms with E-state index in [1.165, 1.54) is 7.11 Å². The molecule has 1 atom stereocenters. The second kappa shape index (κ2) is 7.14. The first-order valence-corrected chi connectivity index (χ1v) is 7.07. The van der Waals surface area contributed by atoms with Gasteiger partial charge in [0.2, 0.25) is 0 Å². The Morgan fingerprint density at radius 1 is 1.55 bits per heavy atom. The number of hydrogen-bond donors (Lipinski definition) is 1. The number of esters is 1. The second-order valence-corrected chi connectivity index (χ2v) is 5.20. The Morgan fingerprint density at radius 3 is 3.00 bits per heavy atom. The maximum Gasteiger partial charge on any atom is 0.526 e. The summed E-state index contributed by atoms with van der Waals surface area (Å²) in [5.74, 6) is 1.89. The Balaban J connectivity index is 2.15. The summed E-state index contributed by atoms with van der Waals surface area (Å²) in [7, 11) is 0.154. The third-order valence-electron chi connectivity index (χ3n) is 3.66. The monoisotopic (exact) mass is 300 g/mol. The predicted octanol–water partition coefficient (Wildman–Crippen LogP) is 1.63. The van der Waals surface area contributed by atoms with Crippen LogP contribution in [0.5, 0.6) is 5.75 Å². The zero-order chi connectivity index (χ0) is 16.1. The van der Waals surface area contributed by atoms with Gasteiger partial charge in [-0.05, 0) is 18.1 Å². The smallest absolute Gasteiger partial charge is 0.526 e. The lowest BCUT2D eigenvalue weighted by Crippen LogP contribution is -2.35. The highest BCUT2D eigenvalue weighted by atomic mass is 16.5. The van der Waals surface area contributed by atoms with Crippen molar-refractivity contribution in [1.29, 1.82) is 0 Å². The summed E-state index contributed by atoms with van der Waals surface area (Å²) >= 11 is 0. The Morgan fingerprint density at radius 2 is 2.32 bits per heavy atom. The molecule has 0 unspecified atom stereocenters. The van der Waals surface area contributed by atoms with Crippen molar-refractivity contribution < 1.29 is 24.0 Å². The average molecular weight is 300 g/mol. The molecule has 0 bridgehead atoms. The molecule has 0 aromatic heterocycles. The van der Waals surface area contributed by atoms with Crippen LogP contribution >= 0.6 is 0 Å². The lowest BCUT2D eigenvalue weighted by Gasteiger charge is -2.28. The molecular weight excluding hydrogens is 283 g/mol. The van der Waals surface area contributed by atoms with Gasteiger partial charge in [-0.2, -0.15) is 0 Å². The van der Waals surface area contributed by atoms with Crippen molar-refractivity contribution in [1.82, 2.24) is 0 Å². The molecule has 1 heterocycles. The SMILES string of the molecule is C#CCCC(=O)C[C@H]1Cc2cccc(C(=O)OC)c2OB1O.